The van der Waals surface area contributed by atoms with Gasteiger partial charge in [-0.2, -0.15) is 5.10 Å². The molecule has 5 heteroatoms. The van der Waals surface area contributed by atoms with Crippen LogP contribution in [0.25, 0.3) is 11.2 Å². The molecule has 2 aromatic heterocycles. The zero-order chi connectivity index (χ0) is 14.5. The van der Waals surface area contributed by atoms with E-state index in [0.29, 0.717) is 11.3 Å². The van der Waals surface area contributed by atoms with Crippen LogP contribution >= 0.6 is 11.6 Å². The molecule has 4 nitrogen and oxygen atoms in total. The molecule has 20 heavy (non-hydrogen) atoms. The fraction of sp³-hybridized carbons (Fsp3) is 0.733. The van der Waals surface area contributed by atoms with Crippen molar-refractivity contribution < 1.29 is 0 Å². The molecule has 1 aliphatic carbocycles. The van der Waals surface area contributed by atoms with Gasteiger partial charge in [0.2, 0.25) is 0 Å². The summed E-state index contributed by atoms with van der Waals surface area (Å²) in [6, 6.07) is 0. The van der Waals surface area contributed by atoms with Gasteiger partial charge in [-0.3, -0.25) is 0 Å². The topological polar surface area (TPSA) is 35.6 Å². The fourth-order valence-electron chi connectivity index (χ4n) is 3.07. The van der Waals surface area contributed by atoms with Gasteiger partial charge in [-0.25, -0.2) is 9.67 Å². The SMILES string of the molecule is CCn1nc(C)c2nc(CCCl)n(CC3CC3(C)C)c21. The highest BCUT2D eigenvalue weighted by Crippen LogP contribution is 2.52. The number of alkyl halides is 1. The maximum atomic E-state index is 5.95. The van der Waals surface area contributed by atoms with E-state index in [0.717, 1.165) is 42.5 Å². The van der Waals surface area contributed by atoms with Crippen LogP contribution in [0.3, 0.4) is 0 Å². The van der Waals surface area contributed by atoms with Crippen LogP contribution in [0.15, 0.2) is 0 Å². The van der Waals surface area contributed by atoms with Crippen molar-refractivity contribution >= 4 is 22.8 Å². The number of hydrogen-bond acceptors (Lipinski definition) is 2. The highest BCUT2D eigenvalue weighted by Gasteiger charge is 2.46. The lowest BCUT2D eigenvalue weighted by Gasteiger charge is -2.11. The van der Waals surface area contributed by atoms with E-state index in [1.165, 1.54) is 12.1 Å². The monoisotopic (exact) mass is 294 g/mol. The quantitative estimate of drug-likeness (QED) is 0.793. The van der Waals surface area contributed by atoms with Crippen molar-refractivity contribution in [3.05, 3.63) is 11.5 Å². The van der Waals surface area contributed by atoms with Crippen LogP contribution in [0, 0.1) is 18.3 Å². The normalized spacial score (nSPS) is 20.8. The van der Waals surface area contributed by atoms with Crippen molar-refractivity contribution in [3.8, 4) is 0 Å². The van der Waals surface area contributed by atoms with E-state index in [1.54, 1.807) is 0 Å². The maximum Gasteiger partial charge on any atom is 0.158 e. The molecule has 0 spiro atoms. The first-order chi connectivity index (χ1) is 9.47. The van der Waals surface area contributed by atoms with Crippen LogP contribution in [0.2, 0.25) is 0 Å². The van der Waals surface area contributed by atoms with E-state index in [2.05, 4.69) is 35.1 Å². The van der Waals surface area contributed by atoms with Crippen LogP contribution in [-0.4, -0.2) is 25.2 Å². The summed E-state index contributed by atoms with van der Waals surface area (Å²) in [5, 5.41) is 4.59. The molecule has 2 aromatic rings. The summed E-state index contributed by atoms with van der Waals surface area (Å²) < 4.78 is 4.44. The Morgan fingerprint density at radius 3 is 2.65 bits per heavy atom. The van der Waals surface area contributed by atoms with Crippen molar-refractivity contribution in [1.29, 1.82) is 0 Å². The molecule has 0 aliphatic heterocycles. The number of rotatable bonds is 5. The van der Waals surface area contributed by atoms with Gasteiger partial charge < -0.3 is 4.57 Å². The lowest BCUT2D eigenvalue weighted by Crippen LogP contribution is -2.12. The second-order valence-corrected chi connectivity index (χ2v) is 6.92. The summed E-state index contributed by atoms with van der Waals surface area (Å²) in [5.74, 6) is 2.47. The minimum Gasteiger partial charge on any atom is -0.313 e. The predicted molar refractivity (Wildman–Crippen MR) is 82.2 cm³/mol. The number of aromatic nitrogens is 4. The van der Waals surface area contributed by atoms with Gasteiger partial charge in [0, 0.05) is 25.4 Å². The Hall–Kier alpha value is -1.03. The van der Waals surface area contributed by atoms with Gasteiger partial charge >= 0.3 is 0 Å². The van der Waals surface area contributed by atoms with Crippen LogP contribution in [-0.2, 0) is 19.5 Å². The third-order valence-corrected chi connectivity index (χ3v) is 4.80. The second kappa shape index (κ2) is 4.76. The Kier molecular flexibility index (Phi) is 3.32. The zero-order valence-corrected chi connectivity index (χ0v) is 13.5. The molecule has 0 amide bonds. The Labute approximate surface area is 125 Å². The van der Waals surface area contributed by atoms with E-state index >= 15 is 0 Å². The summed E-state index contributed by atoms with van der Waals surface area (Å²) in [5.41, 5.74) is 3.71. The van der Waals surface area contributed by atoms with Gasteiger partial charge in [-0.05, 0) is 31.6 Å². The molecule has 2 heterocycles. The molecule has 110 valence electrons. The molecule has 0 bridgehead atoms. The number of nitrogens with zero attached hydrogens (tertiary/aromatic N) is 4. The van der Waals surface area contributed by atoms with E-state index in [9.17, 15) is 0 Å². The summed E-state index contributed by atoms with van der Waals surface area (Å²) in [6.07, 6.45) is 2.12. The zero-order valence-electron chi connectivity index (χ0n) is 12.8. The molecule has 1 atom stereocenters. The standard InChI is InChI=1S/C15H23ClN4/c1-5-20-14-13(10(2)18-20)17-12(6-7-16)19(14)9-11-8-15(11,3)4/h11H,5-9H2,1-4H3. The first-order valence-corrected chi connectivity index (χ1v) is 8.00. The number of fused-ring (bicyclic) bond motifs is 1. The summed E-state index contributed by atoms with van der Waals surface area (Å²) in [6.45, 7) is 10.8. The van der Waals surface area contributed by atoms with Crippen LogP contribution < -0.4 is 0 Å². The Bertz CT molecular complexity index is 638. The molecule has 1 saturated carbocycles. The largest absolute Gasteiger partial charge is 0.313 e. The minimum atomic E-state index is 0.473. The molecular weight excluding hydrogens is 272 g/mol. The van der Waals surface area contributed by atoms with Crippen molar-refractivity contribution in [2.75, 3.05) is 5.88 Å². The number of halogens is 1. The first kappa shape index (κ1) is 13.9. The lowest BCUT2D eigenvalue weighted by atomic mass is 10.1. The van der Waals surface area contributed by atoms with E-state index in [1.807, 2.05) is 6.92 Å². The van der Waals surface area contributed by atoms with Gasteiger partial charge in [-0.15, -0.1) is 11.6 Å². The average molecular weight is 295 g/mol. The minimum absolute atomic E-state index is 0.473. The van der Waals surface area contributed by atoms with Gasteiger partial charge in [0.1, 0.15) is 11.3 Å². The molecule has 1 fully saturated rings. The predicted octanol–water partition coefficient (Wildman–Crippen LogP) is 3.39. The van der Waals surface area contributed by atoms with Crippen molar-refractivity contribution in [2.45, 2.75) is 53.6 Å². The molecule has 3 rings (SSSR count). The Balaban J connectivity index is 2.07. The highest BCUT2D eigenvalue weighted by molar-refractivity contribution is 6.17. The molecule has 0 N–H and O–H groups in total. The third-order valence-electron chi connectivity index (χ3n) is 4.62. The third kappa shape index (κ3) is 2.14. The van der Waals surface area contributed by atoms with Gasteiger partial charge in [0.25, 0.3) is 0 Å². The van der Waals surface area contributed by atoms with Crippen LogP contribution in [0.1, 0.15) is 38.7 Å². The van der Waals surface area contributed by atoms with Crippen molar-refractivity contribution in [1.82, 2.24) is 19.3 Å². The molecule has 0 saturated heterocycles. The molecular formula is C15H23ClN4. The molecule has 0 radical (unpaired) electrons. The molecule has 1 unspecified atom stereocenters. The fourth-order valence-corrected chi connectivity index (χ4v) is 3.23. The average Bonchev–Trinajstić information content (AvgIpc) is 2.71. The first-order valence-electron chi connectivity index (χ1n) is 7.46. The highest BCUT2D eigenvalue weighted by atomic mass is 35.5. The van der Waals surface area contributed by atoms with Gasteiger partial charge in [-0.1, -0.05) is 13.8 Å². The number of imidazole rings is 1. The van der Waals surface area contributed by atoms with Crippen molar-refractivity contribution in [2.24, 2.45) is 11.3 Å². The Morgan fingerprint density at radius 1 is 1.40 bits per heavy atom. The second-order valence-electron chi connectivity index (χ2n) is 6.54. The Morgan fingerprint density at radius 2 is 2.10 bits per heavy atom. The molecule has 0 aromatic carbocycles. The summed E-state index contributed by atoms with van der Waals surface area (Å²) >= 11 is 5.95. The maximum absolute atomic E-state index is 5.95. The van der Waals surface area contributed by atoms with E-state index in [4.69, 9.17) is 16.6 Å². The van der Waals surface area contributed by atoms with Crippen LogP contribution in [0.5, 0.6) is 0 Å². The summed E-state index contributed by atoms with van der Waals surface area (Å²) in [7, 11) is 0. The number of aryl methyl sites for hydroxylation is 3. The lowest BCUT2D eigenvalue weighted by molar-refractivity contribution is 0.488. The number of hydrogen-bond donors (Lipinski definition) is 0. The van der Waals surface area contributed by atoms with Gasteiger partial charge in [0.05, 0.1) is 5.69 Å². The van der Waals surface area contributed by atoms with Gasteiger partial charge in [0.15, 0.2) is 5.65 Å². The smallest absolute Gasteiger partial charge is 0.158 e. The van der Waals surface area contributed by atoms with Crippen molar-refractivity contribution in [3.63, 3.8) is 0 Å². The van der Waals surface area contributed by atoms with Crippen LogP contribution in [0.4, 0.5) is 0 Å². The summed E-state index contributed by atoms with van der Waals surface area (Å²) in [4.78, 5) is 4.79. The molecule has 1 aliphatic rings. The van der Waals surface area contributed by atoms with E-state index < -0.39 is 0 Å². The van der Waals surface area contributed by atoms with E-state index in [-0.39, 0.29) is 0 Å².